The van der Waals surface area contributed by atoms with Crippen LogP contribution >= 0.6 is 0 Å². The van der Waals surface area contributed by atoms with Gasteiger partial charge in [-0.25, -0.2) is 9.97 Å². The normalized spacial score (nSPS) is 14.7. The lowest BCUT2D eigenvalue weighted by molar-refractivity contribution is 0.0587. The van der Waals surface area contributed by atoms with Crippen LogP contribution in [0.25, 0.3) is 16.6 Å². The number of carbonyl (C=O) groups excluding carboxylic acids is 1. The first-order valence-corrected chi connectivity index (χ1v) is 8.33. The van der Waals surface area contributed by atoms with Crippen molar-refractivity contribution in [2.24, 2.45) is 7.05 Å². The molecule has 1 aliphatic heterocycles. The van der Waals surface area contributed by atoms with E-state index in [1.807, 2.05) is 29.1 Å². The topological polar surface area (TPSA) is 81.5 Å². The van der Waals surface area contributed by atoms with Crippen molar-refractivity contribution < 1.29 is 9.21 Å². The Bertz CT molecular complexity index is 1090. The minimum absolute atomic E-state index is 0.135. The molecule has 26 heavy (non-hydrogen) atoms. The molecular formula is C18H16N6O2. The van der Waals surface area contributed by atoms with Gasteiger partial charge in [-0.3, -0.25) is 9.48 Å². The molecular weight excluding hydrogens is 332 g/mol. The maximum atomic E-state index is 12.4. The minimum atomic E-state index is -0.135. The molecule has 1 saturated heterocycles. The number of hydrogen-bond donors (Lipinski definition) is 0. The van der Waals surface area contributed by atoms with E-state index in [1.165, 1.54) is 11.0 Å². The molecule has 8 heteroatoms. The van der Waals surface area contributed by atoms with Gasteiger partial charge >= 0.3 is 0 Å². The van der Waals surface area contributed by atoms with Crippen molar-refractivity contribution in [2.75, 3.05) is 13.1 Å². The molecule has 0 radical (unpaired) electrons. The third-order valence-electron chi connectivity index (χ3n) is 4.77. The summed E-state index contributed by atoms with van der Waals surface area (Å²) in [5, 5.41) is 4.08. The fourth-order valence-electron chi connectivity index (χ4n) is 3.33. The number of aryl methyl sites for hydroxylation is 1. The summed E-state index contributed by atoms with van der Waals surface area (Å²) in [7, 11) is 1.75. The molecule has 0 aromatic carbocycles. The second-order valence-electron chi connectivity index (χ2n) is 6.50. The van der Waals surface area contributed by atoms with Gasteiger partial charge in [0.2, 0.25) is 5.82 Å². The average Bonchev–Trinajstić information content (AvgIpc) is 3.33. The lowest BCUT2D eigenvalue weighted by Crippen LogP contribution is -2.49. The van der Waals surface area contributed by atoms with E-state index in [4.69, 9.17) is 4.42 Å². The van der Waals surface area contributed by atoms with Gasteiger partial charge in [0.25, 0.3) is 5.91 Å². The zero-order valence-electron chi connectivity index (χ0n) is 14.1. The molecule has 0 saturated carbocycles. The maximum absolute atomic E-state index is 12.4. The van der Waals surface area contributed by atoms with Crippen LogP contribution in [0.4, 0.5) is 0 Å². The highest BCUT2D eigenvalue weighted by atomic mass is 16.3. The highest BCUT2D eigenvalue weighted by Gasteiger charge is 2.36. The van der Waals surface area contributed by atoms with Gasteiger partial charge < -0.3 is 13.7 Å². The lowest BCUT2D eigenvalue weighted by Gasteiger charge is -2.37. The summed E-state index contributed by atoms with van der Waals surface area (Å²) in [4.78, 5) is 22.7. The Hall–Kier alpha value is -3.42. The highest BCUT2D eigenvalue weighted by Crippen LogP contribution is 2.31. The number of fused-ring (bicyclic) bond motifs is 1. The summed E-state index contributed by atoms with van der Waals surface area (Å²) in [6.07, 6.45) is 8.73. The average molecular weight is 348 g/mol. The Morgan fingerprint density at radius 3 is 2.81 bits per heavy atom. The first-order chi connectivity index (χ1) is 12.7. The van der Waals surface area contributed by atoms with Crippen LogP contribution in [-0.2, 0) is 7.05 Å². The van der Waals surface area contributed by atoms with Crippen molar-refractivity contribution in [3.8, 4) is 11.1 Å². The van der Waals surface area contributed by atoms with E-state index in [9.17, 15) is 4.79 Å². The van der Waals surface area contributed by atoms with Crippen LogP contribution in [0.3, 0.4) is 0 Å². The Labute approximate surface area is 148 Å². The van der Waals surface area contributed by atoms with E-state index in [0.29, 0.717) is 13.1 Å². The Balaban J connectivity index is 1.39. The van der Waals surface area contributed by atoms with Crippen LogP contribution in [0.15, 0.2) is 54.0 Å². The Morgan fingerprint density at radius 1 is 1.19 bits per heavy atom. The summed E-state index contributed by atoms with van der Waals surface area (Å²) < 4.78 is 8.71. The molecule has 1 amide bonds. The first-order valence-electron chi connectivity index (χ1n) is 8.33. The minimum Gasteiger partial charge on any atom is -0.472 e. The zero-order valence-corrected chi connectivity index (χ0v) is 14.1. The standard InChI is InChI=1S/C18H16N6O2/c1-22-10-20-17(21-22)18(25)24-7-14(8-24)16-15-6-12(13-3-5-26-9-13)2-4-23(15)11-19-16/h2-6,9-11,14H,7-8H2,1H3. The SMILES string of the molecule is Cn1cnc(C(=O)N2CC(c3ncn4ccc(-c5ccoc5)cc34)C2)n1. The van der Waals surface area contributed by atoms with Crippen molar-refractivity contribution in [1.82, 2.24) is 29.0 Å². The summed E-state index contributed by atoms with van der Waals surface area (Å²) in [5.74, 6) is 0.319. The highest BCUT2D eigenvalue weighted by molar-refractivity contribution is 5.91. The van der Waals surface area contributed by atoms with Gasteiger partial charge in [0, 0.05) is 37.8 Å². The van der Waals surface area contributed by atoms with Crippen molar-refractivity contribution >= 4 is 11.4 Å². The van der Waals surface area contributed by atoms with E-state index in [0.717, 1.165) is 22.3 Å². The summed E-state index contributed by atoms with van der Waals surface area (Å²) in [6.45, 7) is 1.25. The summed E-state index contributed by atoms with van der Waals surface area (Å²) >= 11 is 0. The van der Waals surface area contributed by atoms with E-state index in [2.05, 4.69) is 21.1 Å². The number of hydrogen-bond acceptors (Lipinski definition) is 5. The first kappa shape index (κ1) is 14.9. The van der Waals surface area contributed by atoms with Crippen molar-refractivity contribution in [1.29, 1.82) is 0 Å². The van der Waals surface area contributed by atoms with E-state index < -0.39 is 0 Å². The Morgan fingerprint density at radius 2 is 2.08 bits per heavy atom. The van der Waals surface area contributed by atoms with E-state index >= 15 is 0 Å². The molecule has 5 heterocycles. The lowest BCUT2D eigenvalue weighted by atomic mass is 9.94. The van der Waals surface area contributed by atoms with Crippen LogP contribution in [0, 0.1) is 0 Å². The van der Waals surface area contributed by atoms with Gasteiger partial charge in [-0.05, 0) is 23.8 Å². The van der Waals surface area contributed by atoms with Crippen molar-refractivity contribution in [2.45, 2.75) is 5.92 Å². The van der Waals surface area contributed by atoms with Gasteiger partial charge in [-0.2, -0.15) is 0 Å². The third-order valence-corrected chi connectivity index (χ3v) is 4.77. The van der Waals surface area contributed by atoms with Crippen molar-refractivity contribution in [3.05, 3.63) is 61.1 Å². The monoisotopic (exact) mass is 348 g/mol. The number of furan rings is 1. The van der Waals surface area contributed by atoms with Crippen LogP contribution in [0.1, 0.15) is 22.2 Å². The van der Waals surface area contributed by atoms with Crippen LogP contribution in [0.5, 0.6) is 0 Å². The quantitative estimate of drug-likeness (QED) is 0.565. The van der Waals surface area contributed by atoms with Crippen LogP contribution < -0.4 is 0 Å². The second-order valence-corrected chi connectivity index (χ2v) is 6.50. The molecule has 4 aromatic rings. The predicted molar refractivity (Wildman–Crippen MR) is 92.5 cm³/mol. The number of rotatable bonds is 3. The fourth-order valence-corrected chi connectivity index (χ4v) is 3.33. The summed E-state index contributed by atoms with van der Waals surface area (Å²) in [5.41, 5.74) is 4.18. The van der Waals surface area contributed by atoms with E-state index in [1.54, 1.807) is 24.5 Å². The molecule has 0 spiro atoms. The number of aromatic nitrogens is 5. The number of imidazole rings is 1. The molecule has 8 nitrogen and oxygen atoms in total. The number of likely N-dealkylation sites (tertiary alicyclic amines) is 1. The van der Waals surface area contributed by atoms with Gasteiger partial charge in [-0.15, -0.1) is 5.10 Å². The molecule has 0 atom stereocenters. The molecule has 0 unspecified atom stereocenters. The van der Waals surface area contributed by atoms with Gasteiger partial charge in [0.1, 0.15) is 6.33 Å². The molecule has 1 fully saturated rings. The number of carbonyl (C=O) groups is 1. The van der Waals surface area contributed by atoms with Gasteiger partial charge in [-0.1, -0.05) is 0 Å². The van der Waals surface area contributed by atoms with Crippen LogP contribution in [0.2, 0.25) is 0 Å². The molecule has 0 aliphatic carbocycles. The number of pyridine rings is 1. The molecule has 5 rings (SSSR count). The predicted octanol–water partition coefficient (Wildman–Crippen LogP) is 1.96. The maximum Gasteiger partial charge on any atom is 0.293 e. The second kappa shape index (κ2) is 5.55. The molecule has 0 bridgehead atoms. The molecule has 1 aliphatic rings. The fraction of sp³-hybridized carbons (Fsp3) is 0.222. The van der Waals surface area contributed by atoms with Crippen LogP contribution in [-0.4, -0.2) is 48.0 Å². The van der Waals surface area contributed by atoms with E-state index in [-0.39, 0.29) is 17.6 Å². The molecule has 4 aromatic heterocycles. The van der Waals surface area contributed by atoms with Gasteiger partial charge in [0.05, 0.1) is 30.1 Å². The number of amides is 1. The molecule has 130 valence electrons. The smallest absolute Gasteiger partial charge is 0.293 e. The largest absolute Gasteiger partial charge is 0.472 e. The number of nitrogens with zero attached hydrogens (tertiary/aromatic N) is 6. The third kappa shape index (κ3) is 2.30. The van der Waals surface area contributed by atoms with Gasteiger partial charge in [0.15, 0.2) is 0 Å². The van der Waals surface area contributed by atoms with Crippen molar-refractivity contribution in [3.63, 3.8) is 0 Å². The summed E-state index contributed by atoms with van der Waals surface area (Å²) in [6, 6.07) is 6.08. The molecule has 0 N–H and O–H groups in total. The Kier molecular flexibility index (Phi) is 3.18. The zero-order chi connectivity index (χ0) is 17.7.